The Labute approximate surface area is 78.7 Å². The van der Waals surface area contributed by atoms with Gasteiger partial charge in [0.1, 0.15) is 0 Å². The molecule has 3 heteroatoms. The van der Waals surface area contributed by atoms with Crippen molar-refractivity contribution in [2.24, 2.45) is 0 Å². The van der Waals surface area contributed by atoms with E-state index in [0.717, 1.165) is 18.6 Å². The molecule has 3 nitrogen and oxygen atoms in total. The molecule has 0 radical (unpaired) electrons. The fourth-order valence-corrected chi connectivity index (χ4v) is 1.24. The van der Waals surface area contributed by atoms with Gasteiger partial charge in [0.25, 0.3) is 0 Å². The average Bonchev–Trinajstić information content (AvgIpc) is 2.83. The lowest BCUT2D eigenvalue weighted by molar-refractivity contribution is 0.408. The highest BCUT2D eigenvalue weighted by Crippen LogP contribution is 2.24. The average molecular weight is 180 g/mol. The summed E-state index contributed by atoms with van der Waals surface area (Å²) in [6, 6.07) is 5.73. The SMILES string of the molecule is C.Nc1cccc(CC2CO2)c1N. The number of benzene rings is 1. The molecule has 2 rings (SSSR count). The number of nitrogen functional groups attached to an aromatic ring is 2. The van der Waals surface area contributed by atoms with E-state index in [2.05, 4.69) is 0 Å². The van der Waals surface area contributed by atoms with Gasteiger partial charge in [-0.15, -0.1) is 0 Å². The third kappa shape index (κ3) is 2.12. The van der Waals surface area contributed by atoms with E-state index in [4.69, 9.17) is 16.2 Å². The second kappa shape index (κ2) is 3.66. The number of nitrogens with two attached hydrogens (primary N) is 2. The zero-order valence-electron chi connectivity index (χ0n) is 6.79. The molecule has 1 fully saturated rings. The van der Waals surface area contributed by atoms with Crippen LogP contribution in [0.2, 0.25) is 0 Å². The van der Waals surface area contributed by atoms with E-state index >= 15 is 0 Å². The van der Waals surface area contributed by atoms with Crippen molar-refractivity contribution >= 4 is 11.4 Å². The first-order valence-corrected chi connectivity index (χ1v) is 4.02. The molecule has 72 valence electrons. The molecule has 0 bridgehead atoms. The van der Waals surface area contributed by atoms with Crippen LogP contribution < -0.4 is 11.5 Å². The molecule has 0 aliphatic carbocycles. The highest BCUT2D eigenvalue weighted by Gasteiger charge is 2.23. The summed E-state index contributed by atoms with van der Waals surface area (Å²) in [6.07, 6.45) is 1.26. The maximum Gasteiger partial charge on any atom is 0.0850 e. The summed E-state index contributed by atoms with van der Waals surface area (Å²) in [5.74, 6) is 0. The monoisotopic (exact) mass is 180 g/mol. The van der Waals surface area contributed by atoms with Gasteiger partial charge in [0.15, 0.2) is 0 Å². The Bertz CT molecular complexity index is 295. The van der Waals surface area contributed by atoms with Gasteiger partial charge >= 0.3 is 0 Å². The predicted octanol–water partition coefficient (Wildman–Crippen LogP) is 1.43. The van der Waals surface area contributed by atoms with Crippen molar-refractivity contribution in [3.63, 3.8) is 0 Å². The summed E-state index contributed by atoms with van der Waals surface area (Å²) in [5, 5.41) is 0. The number of ether oxygens (including phenoxy) is 1. The molecule has 0 spiro atoms. The minimum atomic E-state index is 0. The van der Waals surface area contributed by atoms with E-state index in [0.29, 0.717) is 17.5 Å². The maximum absolute atomic E-state index is 5.78. The minimum absolute atomic E-state index is 0. The van der Waals surface area contributed by atoms with Crippen molar-refractivity contribution in [3.05, 3.63) is 23.8 Å². The van der Waals surface area contributed by atoms with Crippen molar-refractivity contribution < 1.29 is 4.74 Å². The van der Waals surface area contributed by atoms with Crippen LogP contribution in [-0.2, 0) is 11.2 Å². The van der Waals surface area contributed by atoms with Gasteiger partial charge in [0.2, 0.25) is 0 Å². The van der Waals surface area contributed by atoms with E-state index in [1.165, 1.54) is 0 Å². The molecule has 1 saturated heterocycles. The second-order valence-corrected chi connectivity index (χ2v) is 3.08. The summed E-state index contributed by atoms with van der Waals surface area (Å²) in [5.41, 5.74) is 13.9. The standard InChI is InChI=1S/C9H12N2O.CH4/c10-8-3-1-2-6(9(8)11)4-7-5-12-7;/h1-3,7H,4-5,10-11H2;1H4. The van der Waals surface area contributed by atoms with Crippen LogP contribution in [0.15, 0.2) is 18.2 Å². The van der Waals surface area contributed by atoms with Crippen LogP contribution in [0.4, 0.5) is 11.4 Å². The lowest BCUT2D eigenvalue weighted by Crippen LogP contribution is -2.02. The first kappa shape index (κ1) is 9.86. The second-order valence-electron chi connectivity index (χ2n) is 3.08. The summed E-state index contributed by atoms with van der Waals surface area (Å²) < 4.78 is 5.11. The van der Waals surface area contributed by atoms with Crippen LogP contribution in [-0.4, -0.2) is 12.7 Å². The third-order valence-corrected chi connectivity index (χ3v) is 2.08. The fraction of sp³-hybridized carbons (Fsp3) is 0.400. The number of hydrogen-bond donors (Lipinski definition) is 2. The van der Waals surface area contributed by atoms with Crippen LogP contribution in [0, 0.1) is 0 Å². The molecule has 1 heterocycles. The van der Waals surface area contributed by atoms with E-state index in [9.17, 15) is 0 Å². The molecule has 0 saturated carbocycles. The molecule has 1 atom stereocenters. The van der Waals surface area contributed by atoms with Crippen LogP contribution in [0.1, 0.15) is 13.0 Å². The van der Waals surface area contributed by atoms with Gasteiger partial charge in [0, 0.05) is 6.42 Å². The predicted molar refractivity (Wildman–Crippen MR) is 55.4 cm³/mol. The zero-order valence-corrected chi connectivity index (χ0v) is 6.79. The number of anilines is 2. The number of epoxide rings is 1. The minimum Gasteiger partial charge on any atom is -0.397 e. The maximum atomic E-state index is 5.78. The Morgan fingerprint density at radius 1 is 1.38 bits per heavy atom. The van der Waals surface area contributed by atoms with Gasteiger partial charge in [-0.1, -0.05) is 19.6 Å². The van der Waals surface area contributed by atoms with Gasteiger partial charge in [-0.3, -0.25) is 0 Å². The van der Waals surface area contributed by atoms with Gasteiger partial charge in [-0.25, -0.2) is 0 Å². The van der Waals surface area contributed by atoms with Crippen LogP contribution >= 0.6 is 0 Å². The first-order chi connectivity index (χ1) is 5.77. The molecule has 4 N–H and O–H groups in total. The van der Waals surface area contributed by atoms with Gasteiger partial charge in [-0.05, 0) is 11.6 Å². The lowest BCUT2D eigenvalue weighted by atomic mass is 10.1. The van der Waals surface area contributed by atoms with E-state index < -0.39 is 0 Å². The molecule has 1 aliphatic heterocycles. The molecule has 1 unspecified atom stereocenters. The highest BCUT2D eigenvalue weighted by molar-refractivity contribution is 5.67. The van der Waals surface area contributed by atoms with Crippen LogP contribution in [0.25, 0.3) is 0 Å². The largest absolute Gasteiger partial charge is 0.397 e. The zero-order chi connectivity index (χ0) is 8.55. The lowest BCUT2D eigenvalue weighted by Gasteiger charge is -2.05. The third-order valence-electron chi connectivity index (χ3n) is 2.08. The summed E-state index contributed by atoms with van der Waals surface area (Å²) in [4.78, 5) is 0. The smallest absolute Gasteiger partial charge is 0.0850 e. The van der Waals surface area contributed by atoms with Gasteiger partial charge in [0.05, 0.1) is 24.1 Å². The Kier molecular flexibility index (Phi) is 2.78. The van der Waals surface area contributed by atoms with Crippen molar-refractivity contribution in [3.8, 4) is 0 Å². The molecule has 0 amide bonds. The highest BCUT2D eigenvalue weighted by atomic mass is 16.6. The molecule has 0 aromatic heterocycles. The van der Waals surface area contributed by atoms with Crippen LogP contribution in [0.3, 0.4) is 0 Å². The molecule has 1 aromatic carbocycles. The van der Waals surface area contributed by atoms with Gasteiger partial charge < -0.3 is 16.2 Å². The fourth-order valence-electron chi connectivity index (χ4n) is 1.24. The molecular formula is C10H16N2O. The van der Waals surface area contributed by atoms with Crippen LogP contribution in [0.5, 0.6) is 0 Å². The Balaban J connectivity index is 0.000000845. The van der Waals surface area contributed by atoms with Crippen molar-refractivity contribution in [2.75, 3.05) is 18.1 Å². The van der Waals surface area contributed by atoms with E-state index in [1.807, 2.05) is 18.2 Å². The number of para-hydroxylation sites is 1. The topological polar surface area (TPSA) is 64.6 Å². The molecule has 1 aromatic rings. The Morgan fingerprint density at radius 3 is 2.69 bits per heavy atom. The van der Waals surface area contributed by atoms with Crippen molar-refractivity contribution in [1.82, 2.24) is 0 Å². The summed E-state index contributed by atoms with van der Waals surface area (Å²) in [7, 11) is 0. The number of hydrogen-bond acceptors (Lipinski definition) is 3. The quantitative estimate of drug-likeness (QED) is 0.534. The van der Waals surface area contributed by atoms with Crippen molar-refractivity contribution in [1.29, 1.82) is 0 Å². The number of rotatable bonds is 2. The van der Waals surface area contributed by atoms with E-state index in [1.54, 1.807) is 0 Å². The van der Waals surface area contributed by atoms with E-state index in [-0.39, 0.29) is 7.43 Å². The van der Waals surface area contributed by atoms with Crippen molar-refractivity contribution in [2.45, 2.75) is 20.0 Å². The normalized spacial score (nSPS) is 19.2. The van der Waals surface area contributed by atoms with Gasteiger partial charge in [-0.2, -0.15) is 0 Å². The summed E-state index contributed by atoms with van der Waals surface area (Å²) >= 11 is 0. The Hall–Kier alpha value is -1.22. The molecular weight excluding hydrogens is 164 g/mol. The molecule has 13 heavy (non-hydrogen) atoms. The summed E-state index contributed by atoms with van der Waals surface area (Å²) in [6.45, 7) is 0.855. The Morgan fingerprint density at radius 2 is 2.08 bits per heavy atom. The first-order valence-electron chi connectivity index (χ1n) is 4.02. The molecule has 1 aliphatic rings.